The van der Waals surface area contributed by atoms with Crippen LogP contribution in [-0.4, -0.2) is 106 Å². The summed E-state index contributed by atoms with van der Waals surface area (Å²) in [7, 11) is 0. The number of hydrogen-bond donors (Lipinski definition) is 1. The number of guanidine groups is 1. The van der Waals surface area contributed by atoms with Crippen LogP contribution in [0.3, 0.4) is 0 Å². The zero-order valence-corrected chi connectivity index (χ0v) is 25.8. The van der Waals surface area contributed by atoms with Crippen molar-refractivity contribution in [3.63, 3.8) is 0 Å². The van der Waals surface area contributed by atoms with Gasteiger partial charge in [0, 0.05) is 43.8 Å². The van der Waals surface area contributed by atoms with Gasteiger partial charge < -0.3 is 29.1 Å². The Hall–Kier alpha value is -4.07. The van der Waals surface area contributed by atoms with Crippen molar-refractivity contribution in [2.24, 2.45) is 9.98 Å². The molecule has 0 bridgehead atoms. The molecule has 1 N–H and O–H groups in total. The lowest BCUT2D eigenvalue weighted by molar-refractivity contribution is -0.138. The molecule has 0 aliphatic carbocycles. The Morgan fingerprint density at radius 3 is 2.14 bits per heavy atom. The molecule has 0 spiro atoms. The van der Waals surface area contributed by atoms with Crippen molar-refractivity contribution in [3.8, 4) is 0 Å². The molecule has 14 heteroatoms. The number of rotatable bonds is 7. The van der Waals surface area contributed by atoms with E-state index in [9.17, 15) is 19.5 Å². The molecule has 42 heavy (non-hydrogen) atoms. The molecule has 1 aromatic rings. The second-order valence-corrected chi connectivity index (χ2v) is 11.5. The predicted molar refractivity (Wildman–Crippen MR) is 157 cm³/mol. The van der Waals surface area contributed by atoms with Crippen molar-refractivity contribution in [2.45, 2.75) is 79.2 Å². The Labute approximate surface area is 247 Å². The number of anilines is 1. The van der Waals surface area contributed by atoms with E-state index in [-0.39, 0.29) is 25.7 Å². The Balaban J connectivity index is 2.17. The first kappa shape index (κ1) is 34.1. The number of ether oxygens (including phenoxy) is 3. The molecule has 14 nitrogen and oxygen atoms in total. The van der Waals surface area contributed by atoms with Gasteiger partial charge in [0.1, 0.15) is 11.2 Å². The molecule has 1 atom stereocenters. The van der Waals surface area contributed by atoms with E-state index >= 15 is 0 Å². The molecular formula is C28H43N7O7. The highest BCUT2D eigenvalue weighted by molar-refractivity contribution is 5.90. The first-order valence-corrected chi connectivity index (χ1v) is 13.6. The molecule has 232 valence electrons. The third-order valence-electron chi connectivity index (χ3n) is 5.61. The lowest BCUT2D eigenvalue weighted by Gasteiger charge is -2.41. The molecule has 0 radical (unpaired) electrons. The first-order valence-electron chi connectivity index (χ1n) is 13.6. The number of nitrogens with zero attached hydrogens (tertiary/aromatic N) is 7. The van der Waals surface area contributed by atoms with Gasteiger partial charge in [0.05, 0.1) is 31.4 Å². The smallest absolute Gasteiger partial charge is 0.420 e. The number of aromatic nitrogens is 2. The third-order valence-corrected chi connectivity index (χ3v) is 5.61. The van der Waals surface area contributed by atoms with Gasteiger partial charge in [-0.1, -0.05) is 0 Å². The highest BCUT2D eigenvalue weighted by Gasteiger charge is 2.32. The lowest BCUT2D eigenvalue weighted by Crippen LogP contribution is -2.56. The number of imide groups is 1. The van der Waals surface area contributed by atoms with Crippen molar-refractivity contribution in [1.82, 2.24) is 19.8 Å². The summed E-state index contributed by atoms with van der Waals surface area (Å²) in [6.07, 6.45) is 2.71. The van der Waals surface area contributed by atoms with Gasteiger partial charge >= 0.3 is 18.2 Å². The highest BCUT2D eigenvalue weighted by Crippen LogP contribution is 2.19. The summed E-state index contributed by atoms with van der Waals surface area (Å²) in [5.74, 6) is 0.188. The molecule has 1 aliphatic rings. The van der Waals surface area contributed by atoms with E-state index in [1.165, 1.54) is 18.6 Å². The van der Waals surface area contributed by atoms with Gasteiger partial charge in [-0.05, 0) is 62.1 Å². The topological polar surface area (TPSA) is 159 Å². The number of esters is 1. The van der Waals surface area contributed by atoms with Gasteiger partial charge in [0.25, 0.3) is 0 Å². The van der Waals surface area contributed by atoms with Crippen LogP contribution < -0.4 is 4.90 Å². The maximum absolute atomic E-state index is 12.8. The van der Waals surface area contributed by atoms with Gasteiger partial charge in [-0.2, -0.15) is 0 Å². The second-order valence-electron chi connectivity index (χ2n) is 11.5. The number of carbonyl (C=O) groups is 3. The molecule has 1 aliphatic heterocycles. The van der Waals surface area contributed by atoms with Gasteiger partial charge in [0.15, 0.2) is 0 Å². The van der Waals surface area contributed by atoms with Crippen molar-refractivity contribution >= 4 is 36.8 Å². The average molecular weight is 590 g/mol. The minimum absolute atomic E-state index is 0.152. The number of aliphatic imine (C=N–C) groups is 2. The Kier molecular flexibility index (Phi) is 12.0. The van der Waals surface area contributed by atoms with Crippen LogP contribution in [0.4, 0.5) is 15.5 Å². The minimum Gasteiger partial charge on any atom is -0.463 e. The van der Waals surface area contributed by atoms with E-state index in [0.717, 1.165) is 4.90 Å². The van der Waals surface area contributed by atoms with Crippen LogP contribution in [0.25, 0.3) is 0 Å². The van der Waals surface area contributed by atoms with Crippen LogP contribution in [0.5, 0.6) is 0 Å². The average Bonchev–Trinajstić information content (AvgIpc) is 2.90. The monoisotopic (exact) mass is 589 g/mol. The molecule has 2 heterocycles. The van der Waals surface area contributed by atoms with E-state index in [2.05, 4.69) is 26.7 Å². The summed E-state index contributed by atoms with van der Waals surface area (Å²) in [6.45, 7) is 18.3. The van der Waals surface area contributed by atoms with Crippen LogP contribution in [0.1, 0.15) is 61.0 Å². The summed E-state index contributed by atoms with van der Waals surface area (Å²) >= 11 is 0. The molecule has 2 amide bonds. The normalized spacial score (nSPS) is 16.5. The van der Waals surface area contributed by atoms with E-state index in [0.29, 0.717) is 36.7 Å². The van der Waals surface area contributed by atoms with Crippen LogP contribution >= 0.6 is 0 Å². The van der Waals surface area contributed by atoms with Crippen molar-refractivity contribution < 1.29 is 33.7 Å². The SMILES string of the molecule is C=N/C(=N\C=C(/C)C(=O)OCC)N1CCN(c2ncc(CN(C(=O)OC(C)(C)C)C(=O)OC(C)(C)C)cn2)C[C@@H]1CO. The fraction of sp³-hybridized carbons (Fsp3) is 0.607. The summed E-state index contributed by atoms with van der Waals surface area (Å²) in [4.78, 5) is 59.2. The molecule has 1 saturated heterocycles. The van der Waals surface area contributed by atoms with E-state index in [1.54, 1.807) is 60.3 Å². The van der Waals surface area contributed by atoms with Gasteiger partial charge in [-0.25, -0.2) is 39.2 Å². The molecule has 1 aromatic heterocycles. The fourth-order valence-corrected chi connectivity index (χ4v) is 3.73. The van der Waals surface area contributed by atoms with Gasteiger partial charge in [-0.15, -0.1) is 0 Å². The molecule has 2 rings (SSSR count). The largest absolute Gasteiger partial charge is 0.463 e. The molecular weight excluding hydrogens is 546 g/mol. The maximum atomic E-state index is 12.8. The zero-order chi connectivity index (χ0) is 31.7. The molecule has 0 aromatic carbocycles. The van der Waals surface area contributed by atoms with E-state index in [4.69, 9.17) is 14.2 Å². The van der Waals surface area contributed by atoms with Crippen LogP contribution in [0.2, 0.25) is 0 Å². The van der Waals surface area contributed by atoms with E-state index < -0.39 is 35.4 Å². The number of amides is 2. The summed E-state index contributed by atoms with van der Waals surface area (Å²) in [5.41, 5.74) is -0.834. The molecule has 1 fully saturated rings. The highest BCUT2D eigenvalue weighted by atomic mass is 16.6. The second kappa shape index (κ2) is 14.7. The number of carbonyl (C=O) groups excluding carboxylic acids is 3. The summed E-state index contributed by atoms with van der Waals surface area (Å²) in [5, 5.41) is 10.1. The predicted octanol–water partition coefficient (Wildman–Crippen LogP) is 3.16. The Bertz CT molecular complexity index is 1140. The number of aliphatic hydroxyl groups is 1. The standard InChI is InChI=1S/C28H43N7O7/c1-10-40-22(37)19(2)13-30-23(29-9)34-12-11-33(17-21(34)18-36)24-31-14-20(15-32-24)16-35(25(38)41-27(3,4)5)26(39)42-28(6,7)8/h13-15,21,36H,9-12,16-18H2,1-8H3/b19-13+,30-23+/t21-/m1/s1. The van der Waals surface area contributed by atoms with Crippen molar-refractivity contribution in [1.29, 1.82) is 0 Å². The lowest BCUT2D eigenvalue weighted by atomic mass is 10.2. The van der Waals surface area contributed by atoms with Crippen molar-refractivity contribution in [2.75, 3.05) is 37.7 Å². The van der Waals surface area contributed by atoms with Crippen LogP contribution in [0, 0.1) is 0 Å². The number of piperazine rings is 1. The van der Waals surface area contributed by atoms with Crippen molar-refractivity contribution in [3.05, 3.63) is 29.7 Å². The van der Waals surface area contributed by atoms with Crippen LogP contribution in [0.15, 0.2) is 34.2 Å². The number of aliphatic hydroxyl groups excluding tert-OH is 1. The first-order chi connectivity index (χ1) is 19.6. The van der Waals surface area contributed by atoms with Gasteiger partial charge in [-0.3, -0.25) is 0 Å². The summed E-state index contributed by atoms with van der Waals surface area (Å²) < 4.78 is 15.8. The maximum Gasteiger partial charge on any atom is 0.420 e. The summed E-state index contributed by atoms with van der Waals surface area (Å²) in [6, 6.07) is -0.405. The van der Waals surface area contributed by atoms with Gasteiger partial charge in [0.2, 0.25) is 11.9 Å². The minimum atomic E-state index is -0.844. The van der Waals surface area contributed by atoms with E-state index in [1.807, 2.05) is 4.90 Å². The zero-order valence-electron chi connectivity index (χ0n) is 25.8. The quantitative estimate of drug-likeness (QED) is 0.164. The fourth-order valence-electron chi connectivity index (χ4n) is 3.73. The van der Waals surface area contributed by atoms with Crippen LogP contribution in [-0.2, 0) is 25.5 Å². The third kappa shape index (κ3) is 10.4. The Morgan fingerprint density at radius 1 is 1.10 bits per heavy atom. The molecule has 0 unspecified atom stereocenters. The molecule has 0 saturated carbocycles. The number of hydrogen-bond acceptors (Lipinski definition) is 11. The Morgan fingerprint density at radius 2 is 1.67 bits per heavy atom.